The molecule has 1 aliphatic rings. The van der Waals surface area contributed by atoms with Crippen LogP contribution in [0.4, 0.5) is 0 Å². The summed E-state index contributed by atoms with van der Waals surface area (Å²) in [5.74, 6) is 0. The molecule has 5 heteroatoms. The largest absolute Gasteiger partial charge is 0.494 e. The normalized spacial score (nSPS) is 20.5. The first-order valence-corrected chi connectivity index (χ1v) is 6.77. The van der Waals surface area contributed by atoms with Gasteiger partial charge in [0.05, 0.1) is 11.2 Å². The van der Waals surface area contributed by atoms with Crippen molar-refractivity contribution >= 4 is 23.4 Å². The number of aromatic nitrogens is 1. The van der Waals surface area contributed by atoms with E-state index >= 15 is 0 Å². The molecule has 0 spiro atoms. The maximum absolute atomic E-state index is 11.9. The molecule has 3 rings (SSSR count). The van der Waals surface area contributed by atoms with E-state index in [-0.39, 0.29) is 16.8 Å². The third kappa shape index (κ3) is 1.98. The van der Waals surface area contributed by atoms with Gasteiger partial charge in [0.25, 0.3) is 5.56 Å². The molecule has 0 amide bonds. The van der Waals surface area contributed by atoms with Gasteiger partial charge in [-0.15, -0.1) is 0 Å². The van der Waals surface area contributed by atoms with Crippen LogP contribution in [-0.2, 0) is 9.31 Å². The zero-order valence-corrected chi connectivity index (χ0v) is 12.2. The van der Waals surface area contributed by atoms with E-state index in [1.54, 1.807) is 6.20 Å². The van der Waals surface area contributed by atoms with Crippen molar-refractivity contribution in [2.24, 2.45) is 0 Å². The van der Waals surface area contributed by atoms with Crippen molar-refractivity contribution < 1.29 is 9.31 Å². The Morgan fingerprint density at radius 3 is 2.35 bits per heavy atom. The fraction of sp³-hybridized carbons (Fsp3) is 0.400. The lowest BCUT2D eigenvalue weighted by Crippen LogP contribution is -2.41. The molecular weight excluding hydrogens is 253 g/mol. The molecule has 2 aromatic rings. The quantitative estimate of drug-likeness (QED) is 0.805. The summed E-state index contributed by atoms with van der Waals surface area (Å²) in [4.78, 5) is 14.6. The molecule has 20 heavy (non-hydrogen) atoms. The highest BCUT2D eigenvalue weighted by Gasteiger charge is 2.51. The zero-order chi connectivity index (χ0) is 14.5. The van der Waals surface area contributed by atoms with E-state index in [0.29, 0.717) is 5.39 Å². The van der Waals surface area contributed by atoms with Crippen molar-refractivity contribution in [2.75, 3.05) is 0 Å². The Balaban J connectivity index is 2.04. The van der Waals surface area contributed by atoms with Gasteiger partial charge >= 0.3 is 7.12 Å². The molecule has 1 saturated heterocycles. The number of hydrogen-bond acceptors (Lipinski definition) is 3. The van der Waals surface area contributed by atoms with Crippen molar-refractivity contribution in [1.29, 1.82) is 0 Å². The van der Waals surface area contributed by atoms with Crippen LogP contribution in [0.1, 0.15) is 27.7 Å². The molecule has 1 aromatic carbocycles. The molecule has 0 saturated carbocycles. The van der Waals surface area contributed by atoms with Crippen molar-refractivity contribution in [1.82, 2.24) is 4.98 Å². The van der Waals surface area contributed by atoms with E-state index < -0.39 is 7.12 Å². The molecule has 2 heterocycles. The average molecular weight is 271 g/mol. The smallest absolute Gasteiger partial charge is 0.399 e. The number of rotatable bonds is 1. The van der Waals surface area contributed by atoms with E-state index in [1.807, 2.05) is 52.0 Å². The summed E-state index contributed by atoms with van der Waals surface area (Å²) in [6, 6.07) is 7.59. The van der Waals surface area contributed by atoms with E-state index in [9.17, 15) is 4.79 Å². The number of aromatic amines is 1. The lowest BCUT2D eigenvalue weighted by molar-refractivity contribution is 0.00578. The molecule has 1 fully saturated rings. The van der Waals surface area contributed by atoms with E-state index in [2.05, 4.69) is 4.98 Å². The minimum atomic E-state index is -0.441. The molecule has 1 N–H and O–H groups in total. The van der Waals surface area contributed by atoms with Gasteiger partial charge in [0.2, 0.25) is 0 Å². The highest BCUT2D eigenvalue weighted by Crippen LogP contribution is 2.36. The van der Waals surface area contributed by atoms with Gasteiger partial charge in [0, 0.05) is 11.6 Å². The predicted molar refractivity (Wildman–Crippen MR) is 80.3 cm³/mol. The number of benzene rings is 1. The van der Waals surface area contributed by atoms with Crippen LogP contribution in [0, 0.1) is 0 Å². The first-order valence-electron chi connectivity index (χ1n) is 6.77. The Morgan fingerprint density at radius 1 is 1.05 bits per heavy atom. The molecule has 104 valence electrons. The first-order chi connectivity index (χ1) is 9.30. The van der Waals surface area contributed by atoms with Gasteiger partial charge in [0.15, 0.2) is 0 Å². The van der Waals surface area contributed by atoms with Gasteiger partial charge in [-0.1, -0.05) is 12.1 Å². The van der Waals surface area contributed by atoms with Crippen LogP contribution < -0.4 is 11.0 Å². The van der Waals surface area contributed by atoms with Gasteiger partial charge in [0.1, 0.15) is 0 Å². The van der Waals surface area contributed by atoms with Crippen molar-refractivity contribution in [3.05, 3.63) is 40.8 Å². The second-order valence-electron chi connectivity index (χ2n) is 6.24. The minimum Gasteiger partial charge on any atom is -0.399 e. The lowest BCUT2D eigenvalue weighted by Gasteiger charge is -2.32. The molecule has 0 bridgehead atoms. The molecular formula is C15H18BNO3. The summed E-state index contributed by atoms with van der Waals surface area (Å²) >= 11 is 0. The first kappa shape index (κ1) is 13.4. The highest BCUT2D eigenvalue weighted by atomic mass is 16.7. The Morgan fingerprint density at radius 2 is 1.70 bits per heavy atom. The van der Waals surface area contributed by atoms with E-state index in [1.165, 1.54) is 0 Å². The average Bonchev–Trinajstić information content (AvgIpc) is 2.59. The lowest BCUT2D eigenvalue weighted by atomic mass is 9.78. The Kier molecular flexibility index (Phi) is 2.82. The van der Waals surface area contributed by atoms with E-state index in [4.69, 9.17) is 9.31 Å². The Labute approximate surface area is 118 Å². The second kappa shape index (κ2) is 4.20. The standard InChI is InChI=1S/C15H18BNO3/c1-14(2)15(3,4)20-16(19-14)11-6-5-10-7-8-17-13(18)12(10)9-11/h5-9H,1-4H3,(H,17,18). The number of nitrogens with one attached hydrogen (secondary N) is 1. The second-order valence-corrected chi connectivity index (χ2v) is 6.24. The maximum Gasteiger partial charge on any atom is 0.494 e. The zero-order valence-electron chi connectivity index (χ0n) is 12.2. The molecule has 1 aromatic heterocycles. The van der Waals surface area contributed by atoms with Gasteiger partial charge < -0.3 is 14.3 Å². The van der Waals surface area contributed by atoms with Gasteiger partial charge in [-0.05, 0) is 50.7 Å². The highest BCUT2D eigenvalue weighted by molar-refractivity contribution is 6.62. The number of pyridine rings is 1. The molecule has 0 atom stereocenters. The summed E-state index contributed by atoms with van der Waals surface area (Å²) in [6.07, 6.45) is 1.65. The van der Waals surface area contributed by atoms with E-state index in [0.717, 1.165) is 10.8 Å². The van der Waals surface area contributed by atoms with Crippen LogP contribution in [0.2, 0.25) is 0 Å². The molecule has 1 aliphatic heterocycles. The summed E-state index contributed by atoms with van der Waals surface area (Å²) in [5.41, 5.74) is 0.0135. The van der Waals surface area contributed by atoms with Crippen LogP contribution in [-0.4, -0.2) is 23.3 Å². The Bertz CT molecular complexity index is 704. The van der Waals surface area contributed by atoms with Crippen LogP contribution >= 0.6 is 0 Å². The van der Waals surface area contributed by atoms with Gasteiger partial charge in [-0.25, -0.2) is 0 Å². The molecule has 0 aliphatic carbocycles. The minimum absolute atomic E-state index is 0.0964. The molecule has 0 unspecified atom stereocenters. The maximum atomic E-state index is 11.9. The fourth-order valence-corrected chi connectivity index (χ4v) is 2.33. The summed E-state index contributed by atoms with van der Waals surface area (Å²) < 4.78 is 12.0. The van der Waals surface area contributed by atoms with Crippen molar-refractivity contribution in [3.8, 4) is 0 Å². The predicted octanol–water partition coefficient (Wildman–Crippen LogP) is 1.83. The van der Waals surface area contributed by atoms with Crippen LogP contribution in [0.25, 0.3) is 10.8 Å². The monoisotopic (exact) mass is 271 g/mol. The van der Waals surface area contributed by atoms with Crippen molar-refractivity contribution in [3.63, 3.8) is 0 Å². The molecule has 4 nitrogen and oxygen atoms in total. The third-order valence-electron chi connectivity index (χ3n) is 4.32. The summed E-state index contributed by atoms with van der Waals surface area (Å²) in [5, 5.41) is 1.56. The van der Waals surface area contributed by atoms with Crippen molar-refractivity contribution in [2.45, 2.75) is 38.9 Å². The summed E-state index contributed by atoms with van der Waals surface area (Å²) in [7, 11) is -0.441. The Hall–Kier alpha value is -1.59. The van der Waals surface area contributed by atoms with Gasteiger partial charge in [-0.2, -0.15) is 0 Å². The fourth-order valence-electron chi connectivity index (χ4n) is 2.33. The number of H-pyrrole nitrogens is 1. The summed E-state index contributed by atoms with van der Waals surface area (Å²) in [6.45, 7) is 8.06. The number of hydrogen-bond donors (Lipinski definition) is 1. The van der Waals surface area contributed by atoms with Crippen LogP contribution in [0.5, 0.6) is 0 Å². The molecule has 0 radical (unpaired) electrons. The van der Waals surface area contributed by atoms with Crippen LogP contribution in [0.3, 0.4) is 0 Å². The number of fused-ring (bicyclic) bond motifs is 1. The van der Waals surface area contributed by atoms with Crippen LogP contribution in [0.15, 0.2) is 35.3 Å². The van der Waals surface area contributed by atoms with Gasteiger partial charge in [-0.3, -0.25) is 4.79 Å². The SMILES string of the molecule is CC1(C)OB(c2ccc3cc[nH]c(=O)c3c2)OC1(C)C. The topological polar surface area (TPSA) is 51.3 Å². The third-order valence-corrected chi connectivity index (χ3v) is 4.32.